The number of nitrogens with zero attached hydrogens (tertiary/aromatic N) is 6. The Kier molecular flexibility index (Phi) is 10.1. The number of allylic oxidation sites excluding steroid dienone is 4. The summed E-state index contributed by atoms with van der Waals surface area (Å²) < 4.78 is 73.0. The Balaban J connectivity index is 1.45. The van der Waals surface area contributed by atoms with Gasteiger partial charge in [0, 0.05) is 56.8 Å². The molecule has 0 aromatic carbocycles. The maximum absolute atomic E-state index is 15.3. The molecule has 2 fully saturated rings. The number of hydrogen-bond donors (Lipinski definition) is 2. The van der Waals surface area contributed by atoms with E-state index in [4.69, 9.17) is 25.9 Å². The molecule has 2 unspecified atom stereocenters. The first-order valence-electron chi connectivity index (χ1n) is 16.8. The van der Waals surface area contributed by atoms with Crippen molar-refractivity contribution in [2.75, 3.05) is 50.8 Å². The van der Waals surface area contributed by atoms with E-state index in [1.807, 2.05) is 31.7 Å². The zero-order chi connectivity index (χ0) is 35.1. The van der Waals surface area contributed by atoms with E-state index in [1.54, 1.807) is 0 Å². The van der Waals surface area contributed by atoms with Gasteiger partial charge in [-0.25, -0.2) is 4.39 Å². The fourth-order valence-electron chi connectivity index (χ4n) is 7.13. The molecule has 6 rings (SSSR count). The van der Waals surface area contributed by atoms with Crippen molar-refractivity contribution in [1.29, 1.82) is 5.26 Å². The molecule has 4 N–H and O–H groups in total. The highest BCUT2D eigenvalue weighted by atomic mass is 32.2. The fourth-order valence-corrected chi connectivity index (χ4v) is 8.31. The van der Waals surface area contributed by atoms with E-state index in [2.05, 4.69) is 14.9 Å². The highest BCUT2D eigenvalue weighted by molar-refractivity contribution is 8.04. The van der Waals surface area contributed by atoms with Crippen LogP contribution in [0.5, 0.6) is 6.01 Å². The van der Waals surface area contributed by atoms with Crippen molar-refractivity contribution in [3.05, 3.63) is 46.0 Å². The first kappa shape index (κ1) is 35.4. The first-order chi connectivity index (χ1) is 23.4. The van der Waals surface area contributed by atoms with E-state index in [9.17, 15) is 9.65 Å². The molecule has 2 aromatic rings. The Morgan fingerprint density at radius 1 is 1.18 bits per heavy atom. The zero-order valence-corrected chi connectivity index (χ0v) is 28.7. The molecular weight excluding hydrogens is 660 g/mol. The third kappa shape index (κ3) is 7.24. The van der Waals surface area contributed by atoms with Crippen LogP contribution in [0, 0.1) is 22.7 Å². The number of alkyl halides is 3. The molecule has 0 spiro atoms. The van der Waals surface area contributed by atoms with Crippen LogP contribution in [0.15, 0.2) is 34.8 Å². The number of anilines is 1. The number of halogens is 4. The predicted octanol–water partition coefficient (Wildman–Crippen LogP) is 5.55. The second-order valence-corrected chi connectivity index (χ2v) is 14.7. The minimum Gasteiger partial charge on any atom is -0.463 e. The normalized spacial score (nSPS) is 25.1. The monoisotopic (exact) mass is 702 g/mol. The Labute approximate surface area is 287 Å². The van der Waals surface area contributed by atoms with E-state index >= 15 is 13.2 Å². The van der Waals surface area contributed by atoms with Crippen LogP contribution in [0.1, 0.15) is 57.7 Å². The topological polar surface area (TPSA) is 139 Å². The number of thioether (sulfide) groups is 1. The van der Waals surface area contributed by atoms with Gasteiger partial charge in [-0.3, -0.25) is 9.88 Å². The van der Waals surface area contributed by atoms with Gasteiger partial charge in [-0.2, -0.15) is 28.4 Å². The van der Waals surface area contributed by atoms with Crippen molar-refractivity contribution < 1.29 is 27.0 Å². The molecule has 1 saturated carbocycles. The molecular formula is C34H42F4N8O2S. The van der Waals surface area contributed by atoms with Crippen LogP contribution in [-0.4, -0.2) is 83.2 Å². The number of unbranched alkanes of at least 4 members (excludes halogenated alkanes) is 1. The van der Waals surface area contributed by atoms with Gasteiger partial charge in [0.1, 0.15) is 17.2 Å². The number of rotatable bonds is 12. The summed E-state index contributed by atoms with van der Waals surface area (Å²) >= 11 is 0.922. The number of pyridine rings is 1. The molecule has 15 heteroatoms. The molecule has 2 aliphatic carbocycles. The van der Waals surface area contributed by atoms with Crippen molar-refractivity contribution in [3.8, 4) is 12.1 Å². The van der Waals surface area contributed by atoms with Gasteiger partial charge in [-0.15, -0.1) is 0 Å². The second-order valence-electron chi connectivity index (χ2n) is 13.5. The average molecular weight is 703 g/mol. The highest BCUT2D eigenvalue weighted by Gasteiger charge is 2.48. The lowest BCUT2D eigenvalue weighted by atomic mass is 9.82. The van der Waals surface area contributed by atoms with Crippen LogP contribution in [0.4, 0.5) is 23.4 Å². The average Bonchev–Trinajstić information content (AvgIpc) is 3.72. The minimum absolute atomic E-state index is 0.0133. The van der Waals surface area contributed by atoms with Crippen LogP contribution >= 0.6 is 11.8 Å². The number of morpholine rings is 1. The second kappa shape index (κ2) is 14.0. The molecule has 1 saturated heterocycles. The lowest BCUT2D eigenvalue weighted by molar-refractivity contribution is -0.136. The molecule has 4 heterocycles. The Morgan fingerprint density at radius 3 is 2.55 bits per heavy atom. The lowest BCUT2D eigenvalue weighted by Gasteiger charge is -2.37. The Morgan fingerprint density at radius 2 is 1.92 bits per heavy atom. The molecule has 0 radical (unpaired) electrons. The molecule has 264 valence electrons. The summed E-state index contributed by atoms with van der Waals surface area (Å²) in [6, 6.07) is 1.81. The fraction of sp³-hybridized carbons (Fsp3) is 0.588. The number of hydrogen-bond acceptors (Lipinski definition) is 11. The Hall–Kier alpha value is -3.45. The van der Waals surface area contributed by atoms with Gasteiger partial charge in [0.15, 0.2) is 0 Å². The van der Waals surface area contributed by atoms with Gasteiger partial charge in [-0.1, -0.05) is 31.2 Å². The summed E-state index contributed by atoms with van der Waals surface area (Å²) in [6.07, 6.45) is 2.41. The van der Waals surface area contributed by atoms with E-state index in [0.717, 1.165) is 63.2 Å². The van der Waals surface area contributed by atoms with E-state index in [0.29, 0.717) is 13.1 Å². The molecule has 10 nitrogen and oxygen atoms in total. The molecule has 2 aromatic heterocycles. The number of ether oxygens (including phenoxy) is 2. The summed E-state index contributed by atoms with van der Waals surface area (Å²) in [4.78, 5) is 17.7. The van der Waals surface area contributed by atoms with Crippen molar-refractivity contribution in [2.24, 2.45) is 22.8 Å². The van der Waals surface area contributed by atoms with E-state index in [1.165, 1.54) is 12.3 Å². The summed E-state index contributed by atoms with van der Waals surface area (Å²) in [7, 11) is 0. The van der Waals surface area contributed by atoms with E-state index in [-0.39, 0.29) is 69.7 Å². The minimum atomic E-state index is -4.93. The number of fused-ring (bicyclic) bond motifs is 2. The lowest BCUT2D eigenvalue weighted by Crippen LogP contribution is -2.48. The van der Waals surface area contributed by atoms with Crippen LogP contribution < -0.4 is 21.1 Å². The largest absolute Gasteiger partial charge is 0.463 e. The first-order valence-corrected chi connectivity index (χ1v) is 17.6. The summed E-state index contributed by atoms with van der Waals surface area (Å²) in [6.45, 7) is 9.82. The van der Waals surface area contributed by atoms with Crippen molar-refractivity contribution in [3.63, 3.8) is 0 Å². The third-order valence-electron chi connectivity index (χ3n) is 9.54. The van der Waals surface area contributed by atoms with Crippen LogP contribution in [-0.2, 0) is 10.9 Å². The van der Waals surface area contributed by atoms with Crippen LogP contribution in [0.2, 0.25) is 0 Å². The number of nitrogens with two attached hydrogens (primary N) is 2. The van der Waals surface area contributed by atoms with Gasteiger partial charge in [0.05, 0.1) is 57.3 Å². The SMILES string of the molecule is CCCCN(CCN)c1nc(OCC2(CN3C[C@@H](C)O[C@@H](C)C3)CC2)nc2c(C(F)(F)F)c(C3=CC=C(F)C4SC(N)=C(C#N)C34)ncc12. The standard InChI is InChI=1S/C34H42F4N8O2S/c1-4-5-11-46(12-10-39)31-23-14-42-27(21-6-7-24(35)29-25(21)22(13-40)30(41)49-29)26(34(36,37)38)28(23)43-32(44-31)47-18-33(8-9-33)17-45-15-19(2)48-20(3)16-45/h6-7,14,19-20,25,29H,4-5,8-12,15-18,39,41H2,1-3H3/t19-,20+,25?,29?. The molecule has 2 aliphatic heterocycles. The number of nitriles is 1. The van der Waals surface area contributed by atoms with Gasteiger partial charge in [0.2, 0.25) is 0 Å². The predicted molar refractivity (Wildman–Crippen MR) is 181 cm³/mol. The Bertz CT molecular complexity index is 1710. The van der Waals surface area contributed by atoms with Gasteiger partial charge >= 0.3 is 12.2 Å². The summed E-state index contributed by atoms with van der Waals surface area (Å²) in [5, 5.41) is 9.07. The van der Waals surface area contributed by atoms with E-state index < -0.39 is 34.4 Å². The van der Waals surface area contributed by atoms with Crippen LogP contribution in [0.25, 0.3) is 16.5 Å². The molecule has 49 heavy (non-hydrogen) atoms. The van der Waals surface area contributed by atoms with Gasteiger partial charge in [0.25, 0.3) is 0 Å². The number of aromatic nitrogens is 3. The maximum Gasteiger partial charge on any atom is 0.420 e. The molecule has 0 amide bonds. The maximum atomic E-state index is 15.3. The van der Waals surface area contributed by atoms with Gasteiger partial charge < -0.3 is 25.8 Å². The highest BCUT2D eigenvalue weighted by Crippen LogP contribution is 2.53. The van der Waals surface area contributed by atoms with Crippen molar-refractivity contribution in [2.45, 2.75) is 70.1 Å². The quantitative estimate of drug-likeness (QED) is 0.269. The summed E-state index contributed by atoms with van der Waals surface area (Å²) in [5.74, 6) is -1.37. The summed E-state index contributed by atoms with van der Waals surface area (Å²) in [5.41, 5.74) is 9.98. The molecule has 0 bridgehead atoms. The van der Waals surface area contributed by atoms with Crippen LogP contribution in [0.3, 0.4) is 0 Å². The van der Waals surface area contributed by atoms with Crippen molar-refractivity contribution >= 4 is 34.1 Å². The zero-order valence-electron chi connectivity index (χ0n) is 27.9. The third-order valence-corrected chi connectivity index (χ3v) is 10.8. The van der Waals surface area contributed by atoms with Crippen molar-refractivity contribution in [1.82, 2.24) is 19.9 Å². The molecule has 4 atom stereocenters. The van der Waals surface area contributed by atoms with Gasteiger partial charge in [-0.05, 0) is 44.8 Å². The smallest absolute Gasteiger partial charge is 0.420 e. The molecule has 4 aliphatic rings.